The number of phenolic OH excluding ortho intramolecular Hbond substituents is 3. The predicted molar refractivity (Wildman–Crippen MR) is 491 cm³/mol. The van der Waals surface area contributed by atoms with E-state index in [2.05, 4.69) is 58.2 Å². The van der Waals surface area contributed by atoms with Gasteiger partial charge in [-0.3, -0.25) is 43.8 Å². The van der Waals surface area contributed by atoms with E-state index in [1.807, 2.05) is 38.1 Å². The van der Waals surface area contributed by atoms with Gasteiger partial charge < -0.3 is 137 Å². The van der Waals surface area contributed by atoms with E-state index in [0.717, 1.165) is 60.7 Å². The minimum Gasteiger partial charge on any atom is -0.507 e. The topological polar surface area (TPSA) is 598 Å². The van der Waals surface area contributed by atoms with Gasteiger partial charge >= 0.3 is 12.1 Å². The molecule has 0 unspecified atom stereocenters. The average Bonchev–Trinajstić information content (AvgIpc) is 0.835. The number of ether oxygens (including phenoxy) is 8. The van der Waals surface area contributed by atoms with Crippen molar-refractivity contribution in [3.05, 3.63) is 213 Å². The van der Waals surface area contributed by atoms with Crippen molar-refractivity contribution >= 4 is 82.3 Å². The quantitative estimate of drug-likeness (QED) is 0.0316. The number of carboxylic acids is 1. The van der Waals surface area contributed by atoms with Gasteiger partial charge in [0.1, 0.15) is 107 Å². The molecule has 732 valence electrons. The van der Waals surface area contributed by atoms with Crippen LogP contribution in [-0.2, 0) is 76.9 Å². The molecule has 7 aliphatic heterocycles. The van der Waals surface area contributed by atoms with E-state index < -0.39 is 266 Å². The SMILES string of the molecule is CN[C@H](CC(C)C)C(=O)N[C@H]1C(=O)N[C@@H](CC(N)=O)C(=O)N[C@H]2C(=O)N[C@H]3C(=O)N[C@H](C(=O)N[C@H](C(=O)O)c4cc(O)c(CN(C)Cc5cn(-c6cccc(NC(=O)OC(C)(C)C)c6)nn5)c(O)c4-c4cc3ccc4O)[C@H](O)c3ccc(c(Cl)c3)Oc3cc2cc(c3O[C@@H]2O[C@H](CO)[C@@H](O)[C@H](O)[C@H]2O[C@H]2C[C@](C)(NCc3ccccc3Oc3ccccc3)[C@H](O)[C@H](C)O2)Oc2ccc(cc2Cl)[C@H]1O. The number of likely N-dealkylation sites (N-methyl/N-ethyl adjacent to an activating group) is 1. The van der Waals surface area contributed by atoms with Crippen LogP contribution in [0.3, 0.4) is 0 Å². The van der Waals surface area contributed by atoms with Crippen LogP contribution in [0.1, 0.15) is 143 Å². The summed E-state index contributed by atoms with van der Waals surface area (Å²) >= 11 is 14.5. The van der Waals surface area contributed by atoms with Gasteiger partial charge in [-0.1, -0.05) is 103 Å². The number of primary amides is 1. The Morgan fingerprint density at radius 2 is 1.36 bits per heavy atom. The van der Waals surface area contributed by atoms with Gasteiger partial charge in [0, 0.05) is 59.5 Å². The fourth-order valence-electron chi connectivity index (χ4n) is 16.8. The number of hydrogen-bond acceptors (Lipinski definition) is 31. The van der Waals surface area contributed by atoms with Crippen molar-refractivity contribution in [3.63, 3.8) is 0 Å². The zero-order valence-electron chi connectivity index (χ0n) is 75.9. The number of carbonyl (C=O) groups excluding carboxylic acids is 8. The zero-order chi connectivity index (χ0) is 99.4. The van der Waals surface area contributed by atoms with Crippen LogP contribution in [0.15, 0.2) is 158 Å². The summed E-state index contributed by atoms with van der Waals surface area (Å²) in [5.41, 5.74) is 2.00. The molecule has 2 fully saturated rings. The van der Waals surface area contributed by atoms with Crippen molar-refractivity contribution in [1.29, 1.82) is 0 Å². The molecule has 43 heteroatoms. The molecular weight excluding hydrogens is 1840 g/mol. The summed E-state index contributed by atoms with van der Waals surface area (Å²) in [6.07, 6.45) is -18.4. The Morgan fingerprint density at radius 1 is 0.710 bits per heavy atom. The van der Waals surface area contributed by atoms with Crippen molar-refractivity contribution in [2.24, 2.45) is 11.7 Å². The number of rotatable bonds is 24. The highest BCUT2D eigenvalue weighted by Crippen LogP contribution is 2.51. The molecule has 41 nitrogen and oxygen atoms in total. The molecule has 138 heavy (non-hydrogen) atoms. The minimum atomic E-state index is -2.43. The number of aromatic nitrogens is 3. The number of benzene rings is 8. The normalized spacial score (nSPS) is 24.7. The van der Waals surface area contributed by atoms with Gasteiger partial charge in [0.15, 0.2) is 29.9 Å². The van der Waals surface area contributed by atoms with Crippen molar-refractivity contribution in [1.82, 2.24) is 62.4 Å². The molecule has 7 aliphatic rings. The first kappa shape index (κ1) is 101. The molecule has 8 heterocycles. The number of nitrogens with two attached hydrogens (primary N) is 1. The molecule has 8 aromatic carbocycles. The number of aromatic hydroxyl groups is 3. The molecule has 0 radical (unpaired) electrons. The Balaban J connectivity index is 0.912. The number of fused-ring (bicyclic) bond motifs is 15. The van der Waals surface area contributed by atoms with E-state index in [9.17, 15) is 70.2 Å². The Bertz CT molecular complexity index is 6090. The van der Waals surface area contributed by atoms with E-state index >= 15 is 24.0 Å². The van der Waals surface area contributed by atoms with Gasteiger partial charge in [0.05, 0.1) is 64.5 Å². The molecule has 1 aromatic heterocycles. The molecule has 0 spiro atoms. The third kappa shape index (κ3) is 22.9. The highest BCUT2D eigenvalue weighted by molar-refractivity contribution is 6.32. The van der Waals surface area contributed by atoms with Gasteiger partial charge in [-0.2, -0.15) is 0 Å². The lowest BCUT2D eigenvalue weighted by Gasteiger charge is -2.48. The maximum Gasteiger partial charge on any atom is 0.412 e. The summed E-state index contributed by atoms with van der Waals surface area (Å²) in [6.45, 7) is 10.6. The van der Waals surface area contributed by atoms with Gasteiger partial charge in [-0.15, -0.1) is 5.10 Å². The van der Waals surface area contributed by atoms with Gasteiger partial charge in [0.25, 0.3) is 0 Å². The molecule has 18 atom stereocenters. The maximum absolute atomic E-state index is 16.6. The molecule has 11 bridgehead atoms. The third-order valence-corrected chi connectivity index (χ3v) is 24.4. The fourth-order valence-corrected chi connectivity index (χ4v) is 17.2. The van der Waals surface area contributed by atoms with E-state index in [4.69, 9.17) is 66.8 Å². The lowest BCUT2D eigenvalue weighted by molar-refractivity contribution is -0.334. The number of carboxylic acid groups (broad SMARTS) is 1. The first-order valence-electron chi connectivity index (χ1n) is 44.0. The second-order valence-electron chi connectivity index (χ2n) is 35.8. The summed E-state index contributed by atoms with van der Waals surface area (Å²) in [4.78, 5) is 135. The smallest absolute Gasteiger partial charge is 0.412 e. The third-order valence-electron chi connectivity index (χ3n) is 23.8. The van der Waals surface area contributed by atoms with E-state index in [-0.39, 0.29) is 54.3 Å². The van der Waals surface area contributed by atoms with Crippen LogP contribution in [0.2, 0.25) is 10.0 Å². The fraction of sp³-hybridized carbons (Fsp3) is 0.379. The van der Waals surface area contributed by atoms with Crippen LogP contribution in [0, 0.1) is 5.92 Å². The number of carbonyl (C=O) groups is 9. The summed E-state index contributed by atoms with van der Waals surface area (Å²) in [6, 6.07) is 20.8. The lowest BCUT2D eigenvalue weighted by Crippen LogP contribution is -2.65. The average molecular weight is 1950 g/mol. The number of amides is 8. The highest BCUT2D eigenvalue weighted by atomic mass is 35.5. The Hall–Kier alpha value is -13.4. The Kier molecular flexibility index (Phi) is 30.8. The summed E-state index contributed by atoms with van der Waals surface area (Å²) < 4.78 is 52.9. The number of nitrogens with zero attached hydrogens (tertiary/aromatic N) is 4. The van der Waals surface area contributed by atoms with Crippen molar-refractivity contribution in [2.45, 2.75) is 202 Å². The Morgan fingerprint density at radius 3 is 2.01 bits per heavy atom. The zero-order valence-corrected chi connectivity index (χ0v) is 77.4. The monoisotopic (exact) mass is 1940 g/mol. The number of phenols is 3. The van der Waals surface area contributed by atoms with Gasteiger partial charge in [0.2, 0.25) is 53.4 Å². The molecule has 21 N–H and O–H groups in total. The predicted octanol–water partition coefficient (Wildman–Crippen LogP) is 6.29. The molecule has 9 aromatic rings. The molecule has 2 saturated heterocycles. The van der Waals surface area contributed by atoms with Crippen LogP contribution in [0.4, 0.5) is 10.5 Å². The summed E-state index contributed by atoms with van der Waals surface area (Å²) in [5, 5.41) is 153. The van der Waals surface area contributed by atoms with E-state index in [1.54, 1.807) is 107 Å². The maximum atomic E-state index is 16.6. The number of anilines is 1. The van der Waals surface area contributed by atoms with Crippen LogP contribution >= 0.6 is 23.2 Å². The van der Waals surface area contributed by atoms with E-state index in [0.29, 0.717) is 34.1 Å². The summed E-state index contributed by atoms with van der Waals surface area (Å²) in [7, 11) is 3.02. The molecule has 16 rings (SSSR count). The van der Waals surface area contributed by atoms with Gasteiger partial charge in [-0.25, -0.2) is 14.3 Å². The van der Waals surface area contributed by atoms with Crippen LogP contribution in [0.25, 0.3) is 16.8 Å². The molecule has 0 aliphatic carbocycles. The first-order chi connectivity index (χ1) is 65.5. The van der Waals surface area contributed by atoms with Gasteiger partial charge in [-0.05, 0) is 174 Å². The second kappa shape index (κ2) is 42.3. The number of halogens is 2. The van der Waals surface area contributed by atoms with Crippen LogP contribution < -0.4 is 72.5 Å². The van der Waals surface area contributed by atoms with Crippen molar-refractivity contribution in [2.75, 3.05) is 26.0 Å². The number of nitrogens with one attached hydrogen (secondary N) is 9. The van der Waals surface area contributed by atoms with Crippen LogP contribution in [-0.4, -0.2) is 230 Å². The summed E-state index contributed by atoms with van der Waals surface area (Å²) in [5.74, 6) is -15.6. The molecular formula is C95H106Cl2N14O27. The number of para-hydroxylation sites is 2. The van der Waals surface area contributed by atoms with Crippen LogP contribution in [0.5, 0.6) is 57.5 Å². The lowest BCUT2D eigenvalue weighted by atomic mass is 9.84. The van der Waals surface area contributed by atoms with Crippen molar-refractivity contribution in [3.8, 4) is 74.3 Å². The molecule has 0 saturated carbocycles. The largest absolute Gasteiger partial charge is 0.507 e. The number of aliphatic hydroxyl groups excluding tert-OH is 6. The minimum absolute atomic E-state index is 0.0822. The second-order valence-corrected chi connectivity index (χ2v) is 36.6. The van der Waals surface area contributed by atoms with E-state index in [1.165, 1.54) is 23.9 Å². The highest BCUT2D eigenvalue weighted by Gasteiger charge is 2.53. The Labute approximate surface area is 799 Å². The number of aliphatic carboxylic acids is 1. The first-order valence-corrected chi connectivity index (χ1v) is 44.7. The molecule has 8 amide bonds. The van der Waals surface area contributed by atoms with Crippen molar-refractivity contribution < 1.29 is 132 Å². The standard InChI is InChI=1S/C95H106Cl2N14O27/c1-43(2)28-59(99-8)85(122)106-75-77(116)46-23-26-64(57(96)30-46)133-66-32-49-33-67(82(66)137-92-83(81(120)80(119)68(42-112)135-92)136-70-37-95(7,84(121)44(3)131-70)100-38-48-16-13-14-21-63(48)132-53-19-11-10-12-20-53)134-65-27-24-47(31-58(65)97)78(117)76-90(127)105-74(91(128)129)55-35-62(114)56(41-110(9)39-51-40-111(109-108-51)52-18-15-17-50(34-52)101-93(130)138-94(4,5)6)79(118)71(55)54-29-45(22-25-61(54)113)72(87(124)107-76)104-88(125)73(49)103-86(123)60(36-69(98)115)102-89(75)126/h10-27,29-35,40,43-44,59-60,68,70,72-78,80-81,83-84,92,99-100,112-114,116-121H,28,36-39,41-42H2,1-9H3,(H2,98,115)(H,101,130)(H,102,126)(H,103,123)(H,104,125)(H,105,127)(H,106,122)(H,107,124)(H,128,129)/t44-,59+,60-,68+,70-,72+,73+,74-,75+,76-,77+,78+,80+,81-,83+,84+,92-,95-/m0/s1. The number of aliphatic hydroxyl groups is 6. The number of hydrogen-bond donors (Lipinski definition) is 20.